The molecule has 0 aliphatic heterocycles. The van der Waals surface area contributed by atoms with Crippen molar-refractivity contribution in [1.29, 1.82) is 0 Å². The van der Waals surface area contributed by atoms with Gasteiger partial charge < -0.3 is 0 Å². The van der Waals surface area contributed by atoms with Gasteiger partial charge in [-0.25, -0.2) is 0 Å². The molecule has 0 spiro atoms. The molecule has 0 aromatic heterocycles. The monoisotopic (exact) mass is 266 g/mol. The van der Waals surface area contributed by atoms with Crippen LogP contribution < -0.4 is 0 Å². The molecule has 0 bridgehead atoms. The quantitative estimate of drug-likeness (QED) is 0.469. The van der Waals surface area contributed by atoms with Crippen LogP contribution in [-0.4, -0.2) is 26.2 Å². The Labute approximate surface area is 51.7 Å². The Morgan fingerprint density at radius 2 is 1.20 bits per heavy atom. The molecule has 0 aromatic rings. The van der Waals surface area contributed by atoms with Crippen LogP contribution in [0.4, 0.5) is 0 Å². The number of hydrogen-bond acceptors (Lipinski definition) is 0. The molecule has 0 heterocycles. The molecule has 0 unspecified atom stereocenters. The van der Waals surface area contributed by atoms with Gasteiger partial charge in [0.1, 0.15) is 0 Å². The number of allylic oxidation sites excluding steroid dienone is 2. The minimum absolute atomic E-state index is 0. The van der Waals surface area contributed by atoms with Crippen molar-refractivity contribution in [2.75, 3.05) is 0 Å². The van der Waals surface area contributed by atoms with E-state index in [0.29, 0.717) is 0 Å². The van der Waals surface area contributed by atoms with Crippen molar-refractivity contribution in [2.24, 2.45) is 0 Å². The van der Waals surface area contributed by atoms with Crippen molar-refractivity contribution in [3.8, 4) is 0 Å². The molecule has 0 saturated carbocycles. The van der Waals surface area contributed by atoms with Crippen molar-refractivity contribution in [3.63, 3.8) is 0 Å². The zero-order chi connectivity index (χ0) is 3.41. The van der Waals surface area contributed by atoms with Gasteiger partial charge in [0.2, 0.25) is 0 Å². The first kappa shape index (κ1) is 9.03. The molecule has 0 nitrogen and oxygen atoms in total. The molecule has 0 N–H and O–H groups in total. The summed E-state index contributed by atoms with van der Waals surface area (Å²) in [4.78, 5) is 0. The second-order valence-corrected chi connectivity index (χ2v) is 0.471. The maximum absolute atomic E-state index is 3.36. The maximum atomic E-state index is 3.36. The molecule has 30 valence electrons. The molecule has 0 radical (unpaired) electrons. The predicted octanol–water partition coefficient (Wildman–Crippen LogP) is 0.174. The molecular formula is C4H9Bi. The van der Waals surface area contributed by atoms with E-state index >= 15 is 0 Å². The first-order valence-corrected chi connectivity index (χ1v) is 1.15. The van der Waals surface area contributed by atoms with Gasteiger partial charge in [0.25, 0.3) is 0 Å². The van der Waals surface area contributed by atoms with Crippen LogP contribution in [-0.2, 0) is 0 Å². The summed E-state index contributed by atoms with van der Waals surface area (Å²) in [6.45, 7) is 6.72. The SMILES string of the molecule is C=CC=C.[BiH3]. The predicted molar refractivity (Wildman–Crippen MR) is 30.3 cm³/mol. The molecular weight excluding hydrogens is 257 g/mol. The van der Waals surface area contributed by atoms with Crippen LogP contribution in [0.2, 0.25) is 0 Å². The first-order chi connectivity index (χ1) is 1.91. The summed E-state index contributed by atoms with van der Waals surface area (Å²) in [5, 5.41) is 0. The van der Waals surface area contributed by atoms with Gasteiger partial charge in [0.05, 0.1) is 0 Å². The molecule has 0 amide bonds. The van der Waals surface area contributed by atoms with E-state index in [1.807, 2.05) is 0 Å². The number of hydrogen-bond donors (Lipinski definition) is 0. The topological polar surface area (TPSA) is 0 Å². The van der Waals surface area contributed by atoms with Gasteiger partial charge in [-0.05, 0) is 0 Å². The van der Waals surface area contributed by atoms with E-state index in [-0.39, 0.29) is 26.2 Å². The zero-order valence-electron chi connectivity index (χ0n) is 3.28. The second-order valence-electron chi connectivity index (χ2n) is 0.471. The third-order valence-corrected chi connectivity index (χ3v) is 0.167. The molecule has 0 aromatic carbocycles. The van der Waals surface area contributed by atoms with Crippen molar-refractivity contribution in [3.05, 3.63) is 25.3 Å². The summed E-state index contributed by atoms with van der Waals surface area (Å²) in [5.41, 5.74) is 0. The summed E-state index contributed by atoms with van der Waals surface area (Å²) in [6, 6.07) is 0. The van der Waals surface area contributed by atoms with E-state index in [0.717, 1.165) is 0 Å². The molecule has 5 heavy (non-hydrogen) atoms. The molecule has 0 fully saturated rings. The van der Waals surface area contributed by atoms with E-state index in [4.69, 9.17) is 0 Å². The fourth-order valence-corrected chi connectivity index (χ4v) is 0. The normalized spacial score (nSPS) is 4.00. The van der Waals surface area contributed by atoms with E-state index < -0.39 is 0 Å². The Bertz CT molecular complexity index is 24.6. The van der Waals surface area contributed by atoms with Crippen LogP contribution in [0.15, 0.2) is 25.3 Å². The Morgan fingerprint density at radius 1 is 1.00 bits per heavy atom. The summed E-state index contributed by atoms with van der Waals surface area (Å²) in [7, 11) is 0. The van der Waals surface area contributed by atoms with Crippen LogP contribution in [0.3, 0.4) is 0 Å². The third kappa shape index (κ3) is 13.1. The minimum atomic E-state index is 0. The van der Waals surface area contributed by atoms with Gasteiger partial charge in [0, 0.05) is 0 Å². The summed E-state index contributed by atoms with van der Waals surface area (Å²) >= 11 is 0. The molecule has 0 aliphatic carbocycles. The Balaban J connectivity index is 0. The van der Waals surface area contributed by atoms with Gasteiger partial charge >= 0.3 is 26.2 Å². The van der Waals surface area contributed by atoms with Crippen molar-refractivity contribution in [1.82, 2.24) is 0 Å². The Kier molecular flexibility index (Phi) is 16.0. The van der Waals surface area contributed by atoms with E-state index in [1.54, 1.807) is 12.2 Å². The van der Waals surface area contributed by atoms with Crippen molar-refractivity contribution >= 4 is 26.2 Å². The first-order valence-electron chi connectivity index (χ1n) is 1.15. The van der Waals surface area contributed by atoms with E-state index in [2.05, 4.69) is 13.2 Å². The van der Waals surface area contributed by atoms with Crippen LogP contribution in [0, 0.1) is 0 Å². The average Bonchev–Trinajstić information content (AvgIpc) is 1.37. The van der Waals surface area contributed by atoms with Crippen molar-refractivity contribution < 1.29 is 0 Å². The summed E-state index contributed by atoms with van der Waals surface area (Å²) in [6.07, 6.45) is 3.28. The van der Waals surface area contributed by atoms with Crippen molar-refractivity contribution in [2.45, 2.75) is 0 Å². The fourth-order valence-electron chi connectivity index (χ4n) is 0. The molecule has 0 saturated heterocycles. The standard InChI is InChI=1S/C4H6.Bi.3H/c1-3-4-2;;;;/h3-4H,1-2H2;;;;. The van der Waals surface area contributed by atoms with Gasteiger partial charge in [-0.1, -0.05) is 25.3 Å². The second kappa shape index (κ2) is 8.84. The fraction of sp³-hybridized carbons (Fsp3) is 0. The average molecular weight is 266 g/mol. The van der Waals surface area contributed by atoms with Crippen LogP contribution >= 0.6 is 0 Å². The molecule has 0 aliphatic rings. The summed E-state index contributed by atoms with van der Waals surface area (Å²) in [5.74, 6) is 0. The molecule has 1 heteroatoms. The van der Waals surface area contributed by atoms with Gasteiger partial charge in [-0.15, -0.1) is 0 Å². The Morgan fingerprint density at radius 3 is 1.20 bits per heavy atom. The Hall–Kier alpha value is 0.363. The summed E-state index contributed by atoms with van der Waals surface area (Å²) < 4.78 is 0. The van der Waals surface area contributed by atoms with Gasteiger partial charge in [-0.2, -0.15) is 0 Å². The molecule has 0 atom stereocenters. The van der Waals surface area contributed by atoms with E-state index in [9.17, 15) is 0 Å². The molecule has 0 rings (SSSR count). The van der Waals surface area contributed by atoms with Crippen LogP contribution in [0.25, 0.3) is 0 Å². The number of rotatable bonds is 1. The third-order valence-electron chi connectivity index (χ3n) is 0.167. The van der Waals surface area contributed by atoms with Crippen LogP contribution in [0.5, 0.6) is 0 Å². The zero-order valence-corrected chi connectivity index (χ0v) is 8.77. The van der Waals surface area contributed by atoms with Gasteiger partial charge in [0.15, 0.2) is 0 Å². The van der Waals surface area contributed by atoms with E-state index in [1.165, 1.54) is 0 Å². The van der Waals surface area contributed by atoms with Crippen LogP contribution in [0.1, 0.15) is 0 Å². The van der Waals surface area contributed by atoms with Gasteiger partial charge in [-0.3, -0.25) is 0 Å².